The molecule has 0 saturated heterocycles. The second kappa shape index (κ2) is 15.0. The highest BCUT2D eigenvalue weighted by atomic mass is 15.5. The van der Waals surface area contributed by atoms with Crippen molar-refractivity contribution in [2.45, 2.75) is 40.2 Å². The Morgan fingerprint density at radius 3 is 1.94 bits per heavy atom. The van der Waals surface area contributed by atoms with E-state index in [9.17, 15) is 0 Å². The average molecular weight is 620 g/mol. The number of benzene rings is 4. The molecule has 5 nitrogen and oxygen atoms in total. The Labute approximate surface area is 280 Å². The van der Waals surface area contributed by atoms with Gasteiger partial charge in [0.05, 0.1) is 17.3 Å². The molecule has 1 aliphatic rings. The third-order valence-corrected chi connectivity index (χ3v) is 9.02. The standard InChI is InChI=1S/C42H45N5/c1-5-45(6-2)37-24-18-32(19-25-37)20-26-39-30-36(44-47(39)42-29-23-35-16-12-13-17-41(35)43-42)31-40(33-14-10-9-11-15-33)34-21-27-38(28-22-34)46(7-3)8-4/h9-29,31,39H,5-8,30H2,1-4H3. The summed E-state index contributed by atoms with van der Waals surface area (Å²) >= 11 is 0. The Bertz CT molecular complexity index is 1850. The molecule has 5 aromatic rings. The third-order valence-electron chi connectivity index (χ3n) is 9.02. The van der Waals surface area contributed by atoms with E-state index in [0.29, 0.717) is 0 Å². The minimum atomic E-state index is 0.0273. The molecule has 4 aromatic carbocycles. The fraction of sp³-hybridized carbons (Fsp3) is 0.238. The van der Waals surface area contributed by atoms with Crippen LogP contribution in [-0.4, -0.2) is 42.9 Å². The van der Waals surface area contributed by atoms with E-state index in [4.69, 9.17) is 10.1 Å². The fourth-order valence-electron chi connectivity index (χ4n) is 6.36. The van der Waals surface area contributed by atoms with E-state index in [2.05, 4.69) is 170 Å². The lowest BCUT2D eigenvalue weighted by Gasteiger charge is -2.21. The maximum atomic E-state index is 5.23. The zero-order valence-corrected chi connectivity index (χ0v) is 28.1. The largest absolute Gasteiger partial charge is 0.372 e. The van der Waals surface area contributed by atoms with E-state index < -0.39 is 0 Å². The highest BCUT2D eigenvalue weighted by Crippen LogP contribution is 2.31. The van der Waals surface area contributed by atoms with Gasteiger partial charge in [-0.05, 0) is 98.5 Å². The monoisotopic (exact) mass is 619 g/mol. The fourth-order valence-corrected chi connectivity index (χ4v) is 6.36. The van der Waals surface area contributed by atoms with Crippen molar-refractivity contribution in [1.82, 2.24) is 4.98 Å². The van der Waals surface area contributed by atoms with Crippen LogP contribution >= 0.6 is 0 Å². The van der Waals surface area contributed by atoms with E-state index in [0.717, 1.165) is 55.0 Å². The number of nitrogens with zero attached hydrogens (tertiary/aromatic N) is 5. The molecular weight excluding hydrogens is 574 g/mol. The quantitative estimate of drug-likeness (QED) is 0.139. The smallest absolute Gasteiger partial charge is 0.150 e. The van der Waals surface area contributed by atoms with Crippen LogP contribution in [0.3, 0.4) is 0 Å². The number of hydrogen-bond acceptors (Lipinski definition) is 5. The summed E-state index contributed by atoms with van der Waals surface area (Å²) in [7, 11) is 0. The SMILES string of the molecule is CCN(CC)c1ccc(C=CC2CC(C=C(c3ccccc3)c3ccc(N(CC)CC)cc3)=NN2c2ccc3ccccc3n2)cc1. The second-order valence-electron chi connectivity index (χ2n) is 11.8. The third kappa shape index (κ3) is 7.30. The number of rotatable bonds is 12. The molecule has 0 bridgehead atoms. The highest BCUT2D eigenvalue weighted by molar-refractivity contribution is 6.06. The normalized spacial score (nSPS) is 15.0. The molecule has 0 fully saturated rings. The number of allylic oxidation sites excluding steroid dienone is 1. The van der Waals surface area contributed by atoms with Gasteiger partial charge in [0.15, 0.2) is 0 Å². The number of para-hydroxylation sites is 1. The predicted octanol–water partition coefficient (Wildman–Crippen LogP) is 9.71. The van der Waals surface area contributed by atoms with Crippen molar-refractivity contribution in [3.8, 4) is 0 Å². The lowest BCUT2D eigenvalue weighted by molar-refractivity contribution is 0.779. The van der Waals surface area contributed by atoms with Crippen LogP contribution in [0.1, 0.15) is 50.8 Å². The molecule has 2 heterocycles. The van der Waals surface area contributed by atoms with Gasteiger partial charge in [0, 0.05) is 49.4 Å². The summed E-state index contributed by atoms with van der Waals surface area (Å²) < 4.78 is 0. The topological polar surface area (TPSA) is 35.0 Å². The van der Waals surface area contributed by atoms with Gasteiger partial charge >= 0.3 is 0 Å². The Balaban J connectivity index is 1.36. The van der Waals surface area contributed by atoms with Crippen molar-refractivity contribution < 1.29 is 0 Å². The summed E-state index contributed by atoms with van der Waals surface area (Å²) in [5.41, 5.74) is 9.19. The van der Waals surface area contributed by atoms with Crippen molar-refractivity contribution in [1.29, 1.82) is 0 Å². The number of anilines is 3. The van der Waals surface area contributed by atoms with Gasteiger partial charge in [0.25, 0.3) is 0 Å². The molecule has 1 aliphatic heterocycles. The first-order chi connectivity index (χ1) is 23.1. The molecule has 238 valence electrons. The Morgan fingerprint density at radius 2 is 1.28 bits per heavy atom. The summed E-state index contributed by atoms with van der Waals surface area (Å²) in [6.07, 6.45) is 7.53. The number of hydrogen-bond donors (Lipinski definition) is 0. The molecule has 1 atom stereocenters. The van der Waals surface area contributed by atoms with Crippen molar-refractivity contribution >= 4 is 45.5 Å². The molecule has 0 saturated carbocycles. The molecule has 1 aromatic heterocycles. The van der Waals surface area contributed by atoms with E-state index in [1.165, 1.54) is 33.6 Å². The zero-order chi connectivity index (χ0) is 32.6. The first-order valence-electron chi connectivity index (χ1n) is 17.0. The van der Waals surface area contributed by atoms with Crippen LogP contribution < -0.4 is 14.8 Å². The van der Waals surface area contributed by atoms with Gasteiger partial charge in [-0.2, -0.15) is 5.10 Å². The van der Waals surface area contributed by atoms with E-state index in [1.54, 1.807) is 0 Å². The van der Waals surface area contributed by atoms with Crippen molar-refractivity contribution in [2.24, 2.45) is 5.10 Å². The van der Waals surface area contributed by atoms with E-state index >= 15 is 0 Å². The minimum Gasteiger partial charge on any atom is -0.372 e. The highest BCUT2D eigenvalue weighted by Gasteiger charge is 2.26. The Kier molecular flexibility index (Phi) is 10.1. The summed E-state index contributed by atoms with van der Waals surface area (Å²) in [5.74, 6) is 0.850. The summed E-state index contributed by atoms with van der Waals surface area (Å²) in [6, 6.07) is 40.9. The predicted molar refractivity (Wildman–Crippen MR) is 203 cm³/mol. The maximum absolute atomic E-state index is 5.23. The number of aromatic nitrogens is 1. The van der Waals surface area contributed by atoms with Gasteiger partial charge in [0.2, 0.25) is 0 Å². The Hall–Kier alpha value is -5.16. The van der Waals surface area contributed by atoms with E-state index in [1.807, 2.05) is 6.07 Å². The first kappa shape index (κ1) is 31.8. The molecule has 0 N–H and O–H groups in total. The van der Waals surface area contributed by atoms with Gasteiger partial charge in [-0.3, -0.25) is 0 Å². The van der Waals surface area contributed by atoms with Gasteiger partial charge in [-0.15, -0.1) is 0 Å². The van der Waals surface area contributed by atoms with Crippen LogP contribution in [0.5, 0.6) is 0 Å². The molecule has 5 heteroatoms. The molecule has 47 heavy (non-hydrogen) atoms. The van der Waals surface area contributed by atoms with E-state index in [-0.39, 0.29) is 6.04 Å². The molecule has 6 rings (SSSR count). The molecular formula is C42H45N5. The van der Waals surface area contributed by atoms with Crippen molar-refractivity contribution in [3.05, 3.63) is 144 Å². The second-order valence-corrected chi connectivity index (χ2v) is 11.8. The van der Waals surface area contributed by atoms with Gasteiger partial charge in [-0.25, -0.2) is 9.99 Å². The summed E-state index contributed by atoms with van der Waals surface area (Å²) in [5, 5.41) is 8.44. The zero-order valence-electron chi connectivity index (χ0n) is 28.1. The number of pyridine rings is 1. The molecule has 0 aliphatic carbocycles. The lowest BCUT2D eigenvalue weighted by atomic mass is 9.95. The van der Waals surface area contributed by atoms with Gasteiger partial charge in [-0.1, -0.05) is 84.9 Å². The lowest BCUT2D eigenvalue weighted by Crippen LogP contribution is -2.25. The number of fused-ring (bicyclic) bond motifs is 1. The van der Waals surface area contributed by atoms with Crippen LogP contribution in [0.4, 0.5) is 17.2 Å². The van der Waals surface area contributed by atoms with Crippen LogP contribution in [0.2, 0.25) is 0 Å². The molecule has 0 radical (unpaired) electrons. The van der Waals surface area contributed by atoms with Crippen LogP contribution in [0.15, 0.2) is 133 Å². The van der Waals surface area contributed by atoms with Crippen LogP contribution in [0, 0.1) is 0 Å². The summed E-state index contributed by atoms with van der Waals surface area (Å²) in [4.78, 5) is 9.78. The van der Waals surface area contributed by atoms with Crippen LogP contribution in [-0.2, 0) is 0 Å². The first-order valence-corrected chi connectivity index (χ1v) is 17.0. The van der Waals surface area contributed by atoms with Crippen LogP contribution in [0.25, 0.3) is 22.6 Å². The molecule has 1 unspecified atom stereocenters. The minimum absolute atomic E-state index is 0.0273. The molecule has 0 amide bonds. The Morgan fingerprint density at radius 1 is 0.681 bits per heavy atom. The van der Waals surface area contributed by atoms with Crippen molar-refractivity contribution in [3.63, 3.8) is 0 Å². The average Bonchev–Trinajstić information content (AvgIpc) is 3.54. The number of hydrazone groups is 1. The summed E-state index contributed by atoms with van der Waals surface area (Å²) in [6.45, 7) is 12.8. The molecule has 0 spiro atoms. The van der Waals surface area contributed by atoms with Gasteiger partial charge in [0.1, 0.15) is 5.82 Å². The van der Waals surface area contributed by atoms with Gasteiger partial charge < -0.3 is 9.80 Å². The van der Waals surface area contributed by atoms with Crippen molar-refractivity contribution in [2.75, 3.05) is 41.0 Å². The maximum Gasteiger partial charge on any atom is 0.150 e.